The Morgan fingerprint density at radius 3 is 2.67 bits per heavy atom. The average Bonchev–Trinajstić information content (AvgIpc) is 2.86. The van der Waals surface area contributed by atoms with Crippen molar-refractivity contribution in [2.45, 2.75) is 6.92 Å². The van der Waals surface area contributed by atoms with Crippen LogP contribution < -0.4 is 5.32 Å². The molecule has 0 radical (unpaired) electrons. The number of aryl methyl sites for hydroxylation is 1. The fraction of sp³-hybridized carbons (Fsp3) is 0.105. The number of carbonyl (C=O) groups excluding carboxylic acids is 3. The lowest BCUT2D eigenvalue weighted by molar-refractivity contribution is -0.127. The topological polar surface area (TPSA) is 66.5 Å². The van der Waals surface area contributed by atoms with Crippen LogP contribution in [-0.4, -0.2) is 28.5 Å². The Kier molecular flexibility index (Phi) is 5.89. The second kappa shape index (κ2) is 8.17. The normalized spacial score (nSPS) is 15.5. The molecule has 0 spiro atoms. The van der Waals surface area contributed by atoms with Gasteiger partial charge < -0.3 is 5.32 Å². The Balaban J connectivity index is 1.73. The van der Waals surface area contributed by atoms with Crippen molar-refractivity contribution in [2.75, 3.05) is 11.9 Å². The highest BCUT2D eigenvalue weighted by molar-refractivity contribution is 8.18. The number of nitrogens with zero attached hydrogens (tertiary/aromatic N) is 1. The summed E-state index contributed by atoms with van der Waals surface area (Å²) in [6, 6.07) is 12.3. The van der Waals surface area contributed by atoms with Crippen LogP contribution >= 0.6 is 35.0 Å². The first-order valence-corrected chi connectivity index (χ1v) is 9.48. The molecule has 2 aromatic carbocycles. The zero-order chi connectivity index (χ0) is 19.6. The van der Waals surface area contributed by atoms with E-state index in [0.29, 0.717) is 21.3 Å². The summed E-state index contributed by atoms with van der Waals surface area (Å²) in [6.07, 6.45) is 1.50. The fourth-order valence-electron chi connectivity index (χ4n) is 2.48. The highest BCUT2D eigenvalue weighted by atomic mass is 35.5. The molecule has 0 unspecified atom stereocenters. The van der Waals surface area contributed by atoms with E-state index < -0.39 is 17.1 Å². The van der Waals surface area contributed by atoms with Crippen LogP contribution in [0.15, 0.2) is 47.4 Å². The zero-order valence-electron chi connectivity index (χ0n) is 14.2. The number of carbonyl (C=O) groups is 3. The van der Waals surface area contributed by atoms with E-state index in [0.717, 1.165) is 22.2 Å². The van der Waals surface area contributed by atoms with E-state index in [1.807, 2.05) is 19.1 Å². The maximum absolute atomic E-state index is 12.5. The van der Waals surface area contributed by atoms with Gasteiger partial charge in [-0.2, -0.15) is 0 Å². The van der Waals surface area contributed by atoms with Gasteiger partial charge in [0, 0.05) is 5.69 Å². The summed E-state index contributed by atoms with van der Waals surface area (Å²) in [6.45, 7) is 1.54. The van der Waals surface area contributed by atoms with Crippen LogP contribution in [0, 0.1) is 6.92 Å². The van der Waals surface area contributed by atoms with Crippen LogP contribution in [0.3, 0.4) is 0 Å². The lowest BCUT2D eigenvalue weighted by Crippen LogP contribution is -2.36. The molecule has 8 heteroatoms. The van der Waals surface area contributed by atoms with Crippen molar-refractivity contribution < 1.29 is 14.4 Å². The van der Waals surface area contributed by atoms with Crippen molar-refractivity contribution in [3.05, 3.63) is 68.5 Å². The van der Waals surface area contributed by atoms with Gasteiger partial charge in [0.2, 0.25) is 5.91 Å². The summed E-state index contributed by atoms with van der Waals surface area (Å²) in [5.41, 5.74) is 2.12. The van der Waals surface area contributed by atoms with Gasteiger partial charge in [-0.1, -0.05) is 47.5 Å². The maximum atomic E-state index is 12.5. The number of thioether (sulfide) groups is 1. The number of imide groups is 1. The van der Waals surface area contributed by atoms with Crippen molar-refractivity contribution in [2.24, 2.45) is 0 Å². The smallest absolute Gasteiger partial charge is 0.294 e. The molecule has 0 atom stereocenters. The quantitative estimate of drug-likeness (QED) is 0.708. The largest absolute Gasteiger partial charge is 0.325 e. The number of amides is 3. The predicted octanol–water partition coefficient (Wildman–Crippen LogP) is 4.98. The number of hydrogen-bond donors (Lipinski definition) is 1. The summed E-state index contributed by atoms with van der Waals surface area (Å²) in [7, 11) is 0. The van der Waals surface area contributed by atoms with E-state index in [1.54, 1.807) is 30.3 Å². The monoisotopic (exact) mass is 420 g/mol. The molecular weight excluding hydrogens is 407 g/mol. The standard InChI is InChI=1S/C19H14Cl2N2O3S/c1-11-4-2-6-13(8-11)22-16(24)10-23-18(25)15(27-19(23)26)9-12-5-3-7-14(20)17(12)21/h2-9H,10H2,1H3,(H,22,24)/b15-9-. The lowest BCUT2D eigenvalue weighted by Gasteiger charge is -2.12. The third-order valence-electron chi connectivity index (χ3n) is 3.75. The molecule has 1 fully saturated rings. The van der Waals surface area contributed by atoms with E-state index in [9.17, 15) is 14.4 Å². The van der Waals surface area contributed by atoms with Crippen LogP contribution in [0.5, 0.6) is 0 Å². The molecule has 1 aliphatic rings. The van der Waals surface area contributed by atoms with Gasteiger partial charge >= 0.3 is 0 Å². The Labute approximate surface area is 170 Å². The van der Waals surface area contributed by atoms with Gasteiger partial charge in [-0.25, -0.2) is 0 Å². The first kappa shape index (κ1) is 19.5. The minimum atomic E-state index is -0.541. The SMILES string of the molecule is Cc1cccc(NC(=O)CN2C(=O)S/C(=C\c3cccc(Cl)c3Cl)C2=O)c1. The Hall–Kier alpha value is -2.28. The van der Waals surface area contributed by atoms with Crippen LogP contribution in [0.25, 0.3) is 6.08 Å². The van der Waals surface area contributed by atoms with Gasteiger partial charge in [0.05, 0.1) is 15.0 Å². The number of hydrogen-bond acceptors (Lipinski definition) is 4. The molecule has 138 valence electrons. The fourth-order valence-corrected chi connectivity index (χ4v) is 3.67. The van der Waals surface area contributed by atoms with Crippen molar-refractivity contribution in [3.63, 3.8) is 0 Å². The molecule has 0 aliphatic carbocycles. The van der Waals surface area contributed by atoms with Gasteiger partial charge in [0.15, 0.2) is 0 Å². The summed E-state index contributed by atoms with van der Waals surface area (Å²) in [5, 5.41) is 2.81. The Morgan fingerprint density at radius 1 is 1.19 bits per heavy atom. The zero-order valence-corrected chi connectivity index (χ0v) is 16.5. The second-order valence-electron chi connectivity index (χ2n) is 5.83. The van der Waals surface area contributed by atoms with Crippen LogP contribution in [0.2, 0.25) is 10.0 Å². The van der Waals surface area contributed by atoms with Gasteiger partial charge in [-0.15, -0.1) is 0 Å². The van der Waals surface area contributed by atoms with Crippen molar-refractivity contribution >= 4 is 63.8 Å². The van der Waals surface area contributed by atoms with Crippen LogP contribution in [0.4, 0.5) is 10.5 Å². The lowest BCUT2D eigenvalue weighted by atomic mass is 10.2. The molecule has 0 saturated carbocycles. The predicted molar refractivity (Wildman–Crippen MR) is 109 cm³/mol. The van der Waals surface area contributed by atoms with Crippen LogP contribution in [-0.2, 0) is 9.59 Å². The highest BCUT2D eigenvalue weighted by Gasteiger charge is 2.36. The molecule has 1 heterocycles. The summed E-state index contributed by atoms with van der Waals surface area (Å²) >= 11 is 12.8. The Morgan fingerprint density at radius 2 is 1.93 bits per heavy atom. The summed E-state index contributed by atoms with van der Waals surface area (Å²) in [5.74, 6) is -0.995. The van der Waals surface area contributed by atoms with Crippen LogP contribution in [0.1, 0.15) is 11.1 Å². The molecule has 27 heavy (non-hydrogen) atoms. The van der Waals surface area contributed by atoms with Gasteiger partial charge in [0.25, 0.3) is 11.1 Å². The third-order valence-corrected chi connectivity index (χ3v) is 5.49. The minimum Gasteiger partial charge on any atom is -0.325 e. The molecule has 1 saturated heterocycles. The first-order valence-electron chi connectivity index (χ1n) is 7.91. The van der Waals surface area contributed by atoms with E-state index in [1.165, 1.54) is 6.08 Å². The molecule has 5 nitrogen and oxygen atoms in total. The molecule has 1 aliphatic heterocycles. The number of rotatable bonds is 4. The first-order chi connectivity index (χ1) is 12.8. The molecule has 3 rings (SSSR count). The maximum Gasteiger partial charge on any atom is 0.294 e. The van der Waals surface area contributed by atoms with E-state index in [4.69, 9.17) is 23.2 Å². The second-order valence-corrected chi connectivity index (χ2v) is 7.61. The number of benzene rings is 2. The third kappa shape index (κ3) is 4.53. The van der Waals surface area contributed by atoms with E-state index in [-0.39, 0.29) is 11.4 Å². The van der Waals surface area contributed by atoms with Gasteiger partial charge in [-0.05, 0) is 54.1 Å². The van der Waals surface area contributed by atoms with Gasteiger partial charge in [-0.3, -0.25) is 19.3 Å². The summed E-state index contributed by atoms with van der Waals surface area (Å²) < 4.78 is 0. The molecule has 0 bridgehead atoms. The van der Waals surface area contributed by atoms with Crippen molar-refractivity contribution in [3.8, 4) is 0 Å². The van der Waals surface area contributed by atoms with Gasteiger partial charge in [0.1, 0.15) is 6.54 Å². The van der Waals surface area contributed by atoms with Crippen molar-refractivity contribution in [1.29, 1.82) is 0 Å². The Bertz CT molecular complexity index is 975. The average molecular weight is 421 g/mol. The number of anilines is 1. The molecule has 0 aromatic heterocycles. The molecule has 1 N–H and O–H groups in total. The molecule has 3 amide bonds. The summed E-state index contributed by atoms with van der Waals surface area (Å²) in [4.78, 5) is 38.0. The van der Waals surface area contributed by atoms with E-state index in [2.05, 4.69) is 5.32 Å². The highest BCUT2D eigenvalue weighted by Crippen LogP contribution is 2.34. The number of nitrogens with one attached hydrogen (secondary N) is 1. The molecule has 2 aromatic rings. The molecular formula is C19H14Cl2N2O3S. The minimum absolute atomic E-state index is 0.188. The number of halogens is 2. The van der Waals surface area contributed by atoms with E-state index >= 15 is 0 Å². The van der Waals surface area contributed by atoms with Crippen molar-refractivity contribution in [1.82, 2.24) is 4.90 Å².